The third-order valence-corrected chi connectivity index (χ3v) is 6.28. The third-order valence-electron chi connectivity index (χ3n) is 4.72. The van der Waals surface area contributed by atoms with Crippen LogP contribution < -0.4 is 10.2 Å². The summed E-state index contributed by atoms with van der Waals surface area (Å²) < 4.78 is 0.769. The van der Waals surface area contributed by atoms with E-state index in [0.717, 1.165) is 35.9 Å². The van der Waals surface area contributed by atoms with Gasteiger partial charge in [-0.3, -0.25) is 14.5 Å². The Labute approximate surface area is 158 Å². The number of para-hydroxylation sites is 2. The van der Waals surface area contributed by atoms with E-state index in [0.29, 0.717) is 5.69 Å². The maximum Gasteiger partial charge on any atom is 0.250 e. The number of fused-ring (bicyclic) bond motifs is 1. The molecule has 7 heteroatoms. The predicted molar refractivity (Wildman–Crippen MR) is 107 cm³/mol. The molecule has 134 valence electrons. The fourth-order valence-corrected chi connectivity index (χ4v) is 4.66. The van der Waals surface area contributed by atoms with Crippen molar-refractivity contribution >= 4 is 51.5 Å². The molecule has 1 N–H and O–H groups in total. The first-order valence-electron chi connectivity index (χ1n) is 8.52. The highest BCUT2D eigenvalue weighted by Gasteiger charge is 2.45. The smallest absolute Gasteiger partial charge is 0.250 e. The summed E-state index contributed by atoms with van der Waals surface area (Å²) in [6, 6.07) is 7.40. The van der Waals surface area contributed by atoms with Gasteiger partial charge in [0, 0.05) is 13.1 Å². The number of benzene rings is 1. The summed E-state index contributed by atoms with van der Waals surface area (Å²) >= 11 is 6.92. The largest absolute Gasteiger partial charge is 0.358 e. The molecule has 3 rings (SSSR count). The minimum absolute atomic E-state index is 0.0983. The Morgan fingerprint density at radius 3 is 2.60 bits per heavy atom. The second kappa shape index (κ2) is 6.96. The van der Waals surface area contributed by atoms with Crippen LogP contribution in [0.2, 0.25) is 0 Å². The molecule has 0 bridgehead atoms. The minimum Gasteiger partial charge on any atom is -0.358 e. The first kappa shape index (κ1) is 18.2. The average molecular weight is 378 g/mol. The van der Waals surface area contributed by atoms with E-state index < -0.39 is 5.54 Å². The number of nitrogens with one attached hydrogen (secondary N) is 1. The molecule has 1 aromatic carbocycles. The van der Waals surface area contributed by atoms with Crippen LogP contribution in [0, 0.1) is 0 Å². The minimum atomic E-state index is -0.949. The lowest BCUT2D eigenvalue weighted by molar-refractivity contribution is -0.126. The van der Waals surface area contributed by atoms with E-state index >= 15 is 0 Å². The Hall–Kier alpha value is -1.60. The van der Waals surface area contributed by atoms with Gasteiger partial charge in [0.2, 0.25) is 11.8 Å². The number of likely N-dealkylation sites (tertiary alicyclic amines) is 1. The summed E-state index contributed by atoms with van der Waals surface area (Å²) in [5.74, 6) is -0.280. The first-order chi connectivity index (χ1) is 11.8. The van der Waals surface area contributed by atoms with Crippen LogP contribution in [0.3, 0.4) is 0 Å². The Bertz CT molecular complexity index is 714. The number of hydrogen-bond donors (Lipinski definition) is 1. The van der Waals surface area contributed by atoms with Crippen LogP contribution in [0.5, 0.6) is 0 Å². The number of rotatable bonds is 2. The molecule has 2 amide bonds. The lowest BCUT2D eigenvalue weighted by atomic mass is 9.96. The molecule has 5 nitrogen and oxygen atoms in total. The zero-order chi connectivity index (χ0) is 18.2. The van der Waals surface area contributed by atoms with E-state index in [1.165, 1.54) is 11.8 Å². The van der Waals surface area contributed by atoms with Crippen LogP contribution in [0.4, 0.5) is 11.4 Å². The quantitative estimate of drug-likeness (QED) is 0.802. The molecule has 1 saturated heterocycles. The van der Waals surface area contributed by atoms with Gasteiger partial charge in [-0.15, -0.1) is 0 Å². The van der Waals surface area contributed by atoms with Crippen LogP contribution in [0.1, 0.15) is 33.6 Å². The number of carbonyl (C=O) groups is 2. The molecule has 2 aliphatic rings. The topological polar surface area (TPSA) is 52.7 Å². The second-order valence-electron chi connectivity index (χ2n) is 6.92. The van der Waals surface area contributed by atoms with E-state index in [1.54, 1.807) is 18.7 Å². The molecule has 25 heavy (non-hydrogen) atoms. The van der Waals surface area contributed by atoms with Gasteiger partial charge in [-0.2, -0.15) is 0 Å². The van der Waals surface area contributed by atoms with Crippen molar-refractivity contribution in [3.8, 4) is 0 Å². The predicted octanol–water partition coefficient (Wildman–Crippen LogP) is 3.25. The van der Waals surface area contributed by atoms with Crippen LogP contribution >= 0.6 is 24.0 Å². The van der Waals surface area contributed by atoms with Gasteiger partial charge in [-0.25, -0.2) is 0 Å². The molecule has 1 unspecified atom stereocenters. The molecular weight excluding hydrogens is 354 g/mol. The van der Waals surface area contributed by atoms with Gasteiger partial charge < -0.3 is 10.2 Å². The number of amides is 2. The number of anilines is 2. The summed E-state index contributed by atoms with van der Waals surface area (Å²) in [5, 5.41) is 2.53. The maximum atomic E-state index is 13.2. The zero-order valence-electron chi connectivity index (χ0n) is 14.7. The molecule has 0 radical (unpaired) electrons. The van der Waals surface area contributed by atoms with Gasteiger partial charge in [0.15, 0.2) is 0 Å². The Balaban J connectivity index is 1.84. The lowest BCUT2D eigenvalue weighted by Crippen LogP contribution is -2.60. The summed E-state index contributed by atoms with van der Waals surface area (Å²) in [5.41, 5.74) is 0.450. The van der Waals surface area contributed by atoms with Gasteiger partial charge in [-0.1, -0.05) is 36.1 Å². The van der Waals surface area contributed by atoms with Crippen molar-refractivity contribution in [2.75, 3.05) is 23.3 Å². The fraction of sp³-hybridized carbons (Fsp3) is 0.500. The summed E-state index contributed by atoms with van der Waals surface area (Å²) in [7, 11) is 0. The molecular formula is C18H23N3O2S2. The van der Waals surface area contributed by atoms with Gasteiger partial charge in [-0.05, 0) is 45.7 Å². The molecule has 0 aromatic heterocycles. The number of thioether (sulfide) groups is 1. The zero-order valence-corrected chi connectivity index (χ0v) is 16.4. The second-order valence-corrected chi connectivity index (χ2v) is 8.90. The van der Waals surface area contributed by atoms with Gasteiger partial charge in [0.05, 0.1) is 16.6 Å². The van der Waals surface area contributed by atoms with Crippen molar-refractivity contribution in [1.82, 2.24) is 4.90 Å². The average Bonchev–Trinajstić information content (AvgIpc) is 3.10. The van der Waals surface area contributed by atoms with Crippen molar-refractivity contribution in [2.45, 2.75) is 44.4 Å². The monoisotopic (exact) mass is 377 g/mol. The molecule has 2 aliphatic heterocycles. The summed E-state index contributed by atoms with van der Waals surface area (Å²) in [6.45, 7) is 7.33. The number of carbonyl (C=O) groups excluding carboxylic acids is 2. The van der Waals surface area contributed by atoms with E-state index in [2.05, 4.69) is 10.2 Å². The Morgan fingerprint density at radius 1 is 1.28 bits per heavy atom. The van der Waals surface area contributed by atoms with E-state index in [1.807, 2.05) is 31.2 Å². The standard InChI is InChI=1S/C18H23N3O2S2/c1-12(25-17(24)20-10-6-7-11-20)15(22)21-14-9-5-4-8-13(14)19-16(23)18(21,2)3/h4-5,8-9,12H,6-7,10-11H2,1-3H3,(H,19,23). The Kier molecular flexibility index (Phi) is 5.06. The van der Waals surface area contributed by atoms with Gasteiger partial charge in [0.25, 0.3) is 0 Å². The van der Waals surface area contributed by atoms with Crippen molar-refractivity contribution in [2.24, 2.45) is 0 Å². The summed E-state index contributed by atoms with van der Waals surface area (Å²) in [6.07, 6.45) is 2.30. The highest BCUT2D eigenvalue weighted by molar-refractivity contribution is 8.23. The molecule has 0 saturated carbocycles. The van der Waals surface area contributed by atoms with Crippen molar-refractivity contribution < 1.29 is 9.59 Å². The number of thiocarbonyl (C=S) groups is 1. The van der Waals surface area contributed by atoms with Crippen molar-refractivity contribution in [1.29, 1.82) is 0 Å². The fourth-order valence-electron chi connectivity index (χ4n) is 3.20. The van der Waals surface area contributed by atoms with E-state index in [9.17, 15) is 9.59 Å². The van der Waals surface area contributed by atoms with E-state index in [4.69, 9.17) is 12.2 Å². The Morgan fingerprint density at radius 2 is 1.92 bits per heavy atom. The third kappa shape index (κ3) is 3.40. The van der Waals surface area contributed by atoms with Gasteiger partial charge >= 0.3 is 0 Å². The molecule has 0 aliphatic carbocycles. The molecule has 2 heterocycles. The van der Waals surface area contributed by atoms with Gasteiger partial charge in [0.1, 0.15) is 9.86 Å². The summed E-state index contributed by atoms with van der Waals surface area (Å²) in [4.78, 5) is 29.5. The van der Waals surface area contributed by atoms with Crippen LogP contribution in [0.25, 0.3) is 0 Å². The number of hydrogen-bond acceptors (Lipinski definition) is 4. The number of nitrogens with zero attached hydrogens (tertiary/aromatic N) is 2. The highest BCUT2D eigenvalue weighted by Crippen LogP contribution is 2.38. The maximum absolute atomic E-state index is 13.2. The van der Waals surface area contributed by atoms with Crippen molar-refractivity contribution in [3.05, 3.63) is 24.3 Å². The SMILES string of the molecule is CC(SC(=S)N1CCCC1)C(=O)N1c2ccccc2NC(=O)C1(C)C. The molecule has 0 spiro atoms. The lowest BCUT2D eigenvalue weighted by Gasteiger charge is -2.43. The van der Waals surface area contributed by atoms with Crippen LogP contribution in [0.15, 0.2) is 24.3 Å². The highest BCUT2D eigenvalue weighted by atomic mass is 32.2. The van der Waals surface area contributed by atoms with Crippen LogP contribution in [-0.2, 0) is 9.59 Å². The first-order valence-corrected chi connectivity index (χ1v) is 9.81. The van der Waals surface area contributed by atoms with Crippen LogP contribution in [-0.4, -0.2) is 44.9 Å². The normalized spacial score (nSPS) is 20.0. The molecule has 1 atom stereocenters. The molecule has 1 aromatic rings. The molecule has 1 fully saturated rings. The van der Waals surface area contributed by atoms with E-state index in [-0.39, 0.29) is 17.1 Å². The van der Waals surface area contributed by atoms with Crippen molar-refractivity contribution in [3.63, 3.8) is 0 Å².